The Labute approximate surface area is 106 Å². The Kier molecular flexibility index (Phi) is 4.69. The van der Waals surface area contributed by atoms with Crippen LogP contribution in [0.15, 0.2) is 6.20 Å². The minimum Gasteiger partial charge on any atom is -0.382 e. The third-order valence-corrected chi connectivity index (χ3v) is 3.23. The van der Waals surface area contributed by atoms with Crippen molar-refractivity contribution >= 4 is 17.2 Å². The lowest BCUT2D eigenvalue weighted by Crippen LogP contribution is -2.49. The van der Waals surface area contributed by atoms with E-state index in [1.807, 2.05) is 0 Å². The number of aliphatic hydroxyl groups excluding tert-OH is 1. The van der Waals surface area contributed by atoms with Crippen LogP contribution in [0.1, 0.15) is 28.0 Å². The van der Waals surface area contributed by atoms with Crippen LogP contribution < -0.4 is 5.32 Å². The zero-order chi connectivity index (χ0) is 13.9. The molecular weight excluding hydrogens is 269 g/mol. The van der Waals surface area contributed by atoms with Gasteiger partial charge in [-0.1, -0.05) is 6.92 Å². The van der Waals surface area contributed by atoms with Gasteiger partial charge in [-0.05, 0) is 13.3 Å². The fraction of sp³-hybridized carbons (Fsp3) is 0.600. The lowest BCUT2D eigenvalue weighted by Gasteiger charge is -2.24. The topological polar surface area (TPSA) is 62.2 Å². The summed E-state index contributed by atoms with van der Waals surface area (Å²) in [6, 6.07) is -1.36. The third kappa shape index (κ3) is 3.67. The summed E-state index contributed by atoms with van der Waals surface area (Å²) in [5.41, 5.74) is 0. The summed E-state index contributed by atoms with van der Waals surface area (Å²) >= 11 is 1.08. The Bertz CT molecular complexity index is 420. The van der Waals surface area contributed by atoms with Crippen molar-refractivity contribution in [2.24, 2.45) is 0 Å². The molecule has 18 heavy (non-hydrogen) atoms. The quantitative estimate of drug-likeness (QED) is 0.886. The smallest absolute Gasteiger partial charge is 0.382 e. The Morgan fingerprint density at radius 2 is 2.22 bits per heavy atom. The van der Waals surface area contributed by atoms with Crippen molar-refractivity contribution in [1.82, 2.24) is 10.3 Å². The molecule has 2 N–H and O–H groups in total. The van der Waals surface area contributed by atoms with Gasteiger partial charge in [0, 0.05) is 0 Å². The highest BCUT2D eigenvalue weighted by atomic mass is 32.1. The SMILES string of the molecule is CCC(NC(=O)c1cnc(C)s1)C(O)C(F)(F)F. The van der Waals surface area contributed by atoms with Gasteiger partial charge in [-0.3, -0.25) is 4.79 Å². The average Bonchev–Trinajstić information content (AvgIpc) is 2.70. The van der Waals surface area contributed by atoms with E-state index in [-0.39, 0.29) is 11.3 Å². The average molecular weight is 282 g/mol. The van der Waals surface area contributed by atoms with Crippen molar-refractivity contribution in [3.05, 3.63) is 16.1 Å². The van der Waals surface area contributed by atoms with E-state index in [1.54, 1.807) is 6.92 Å². The van der Waals surface area contributed by atoms with Gasteiger partial charge >= 0.3 is 6.18 Å². The lowest BCUT2D eigenvalue weighted by atomic mass is 10.1. The van der Waals surface area contributed by atoms with Crippen LogP contribution in [-0.2, 0) is 0 Å². The molecule has 102 valence electrons. The van der Waals surface area contributed by atoms with E-state index in [4.69, 9.17) is 5.11 Å². The molecule has 1 aromatic heterocycles. The molecule has 1 heterocycles. The molecule has 0 bridgehead atoms. The van der Waals surface area contributed by atoms with Crippen LogP contribution in [0.2, 0.25) is 0 Å². The molecule has 2 atom stereocenters. The molecule has 0 fully saturated rings. The van der Waals surface area contributed by atoms with Crippen molar-refractivity contribution in [3.8, 4) is 0 Å². The van der Waals surface area contributed by atoms with Crippen molar-refractivity contribution in [2.75, 3.05) is 0 Å². The maximum Gasteiger partial charge on any atom is 0.416 e. The maximum absolute atomic E-state index is 12.3. The highest BCUT2D eigenvalue weighted by Gasteiger charge is 2.43. The molecule has 0 saturated heterocycles. The van der Waals surface area contributed by atoms with Gasteiger partial charge in [0.15, 0.2) is 6.10 Å². The summed E-state index contributed by atoms with van der Waals surface area (Å²) in [5, 5.41) is 11.9. The first-order valence-corrected chi connectivity index (χ1v) is 6.05. The van der Waals surface area contributed by atoms with E-state index in [0.717, 1.165) is 11.3 Å². The molecule has 0 spiro atoms. The number of carbonyl (C=O) groups excluding carboxylic acids is 1. The van der Waals surface area contributed by atoms with Crippen LogP contribution in [-0.4, -0.2) is 34.3 Å². The molecule has 1 amide bonds. The Balaban J connectivity index is 2.72. The molecule has 4 nitrogen and oxygen atoms in total. The normalized spacial score (nSPS) is 15.2. The Morgan fingerprint density at radius 1 is 1.61 bits per heavy atom. The summed E-state index contributed by atoms with van der Waals surface area (Å²) < 4.78 is 37.0. The van der Waals surface area contributed by atoms with Crippen LogP contribution in [0.5, 0.6) is 0 Å². The van der Waals surface area contributed by atoms with E-state index in [9.17, 15) is 18.0 Å². The number of aromatic nitrogens is 1. The molecule has 0 saturated carbocycles. The van der Waals surface area contributed by atoms with Gasteiger partial charge in [-0.25, -0.2) is 4.98 Å². The Morgan fingerprint density at radius 3 is 2.61 bits per heavy atom. The van der Waals surface area contributed by atoms with Crippen molar-refractivity contribution in [1.29, 1.82) is 0 Å². The number of nitrogens with one attached hydrogen (secondary N) is 1. The van der Waals surface area contributed by atoms with Crippen LogP contribution in [0.25, 0.3) is 0 Å². The van der Waals surface area contributed by atoms with Gasteiger partial charge in [0.05, 0.1) is 17.2 Å². The summed E-state index contributed by atoms with van der Waals surface area (Å²) in [6.45, 7) is 3.14. The molecule has 0 aliphatic rings. The van der Waals surface area contributed by atoms with Gasteiger partial charge < -0.3 is 10.4 Å². The van der Waals surface area contributed by atoms with Gasteiger partial charge in [0.2, 0.25) is 0 Å². The van der Waals surface area contributed by atoms with Crippen LogP contribution >= 0.6 is 11.3 Å². The van der Waals surface area contributed by atoms with E-state index in [2.05, 4.69) is 10.3 Å². The highest BCUT2D eigenvalue weighted by Crippen LogP contribution is 2.24. The fourth-order valence-corrected chi connectivity index (χ4v) is 2.02. The monoisotopic (exact) mass is 282 g/mol. The predicted molar refractivity (Wildman–Crippen MR) is 60.5 cm³/mol. The first-order chi connectivity index (χ1) is 8.25. The third-order valence-electron chi connectivity index (χ3n) is 2.32. The standard InChI is InChI=1S/C10H13F3N2O2S/c1-3-6(8(16)10(11,12)13)15-9(17)7-4-14-5(2)18-7/h4,6,8,16H,3H2,1-2H3,(H,15,17). The zero-order valence-corrected chi connectivity index (χ0v) is 10.6. The summed E-state index contributed by atoms with van der Waals surface area (Å²) in [4.78, 5) is 15.7. The number of thiazole rings is 1. The molecule has 1 aromatic rings. The number of hydrogen-bond donors (Lipinski definition) is 2. The minimum atomic E-state index is -4.75. The molecule has 1 rings (SSSR count). The van der Waals surface area contributed by atoms with Gasteiger partial charge in [0.25, 0.3) is 5.91 Å². The van der Waals surface area contributed by atoms with E-state index < -0.39 is 24.2 Å². The second-order valence-electron chi connectivity index (χ2n) is 3.72. The summed E-state index contributed by atoms with van der Waals surface area (Å²) in [5.74, 6) is -0.657. The number of aliphatic hydroxyl groups is 1. The van der Waals surface area contributed by atoms with Crippen molar-refractivity contribution in [3.63, 3.8) is 0 Å². The molecule has 0 aliphatic heterocycles. The summed E-state index contributed by atoms with van der Waals surface area (Å²) in [7, 11) is 0. The molecule has 8 heteroatoms. The fourth-order valence-electron chi connectivity index (χ4n) is 1.34. The van der Waals surface area contributed by atoms with Gasteiger partial charge in [-0.2, -0.15) is 13.2 Å². The number of amides is 1. The molecule has 2 unspecified atom stereocenters. The predicted octanol–water partition coefficient (Wildman–Crippen LogP) is 1.88. The van der Waals surface area contributed by atoms with E-state index in [1.165, 1.54) is 13.1 Å². The van der Waals surface area contributed by atoms with Crippen LogP contribution in [0, 0.1) is 6.92 Å². The van der Waals surface area contributed by atoms with Crippen molar-refractivity contribution < 1.29 is 23.1 Å². The van der Waals surface area contributed by atoms with Gasteiger partial charge in [0.1, 0.15) is 4.88 Å². The molecule has 0 aromatic carbocycles. The first kappa shape index (κ1) is 14.9. The maximum atomic E-state index is 12.3. The second kappa shape index (κ2) is 5.66. The Hall–Kier alpha value is -1.15. The number of nitrogens with zero attached hydrogens (tertiary/aromatic N) is 1. The van der Waals surface area contributed by atoms with Crippen LogP contribution in [0.4, 0.5) is 13.2 Å². The second-order valence-corrected chi connectivity index (χ2v) is 4.95. The molecule has 0 aliphatic carbocycles. The number of rotatable bonds is 4. The largest absolute Gasteiger partial charge is 0.416 e. The highest BCUT2D eigenvalue weighted by molar-refractivity contribution is 7.13. The number of halogens is 3. The summed E-state index contributed by atoms with van der Waals surface area (Å²) in [6.07, 6.45) is -6.05. The number of alkyl halides is 3. The number of aryl methyl sites for hydroxylation is 1. The number of carbonyl (C=O) groups is 1. The minimum absolute atomic E-state index is 0.0236. The first-order valence-electron chi connectivity index (χ1n) is 5.23. The van der Waals surface area contributed by atoms with E-state index >= 15 is 0 Å². The van der Waals surface area contributed by atoms with Crippen LogP contribution in [0.3, 0.4) is 0 Å². The lowest BCUT2D eigenvalue weighted by molar-refractivity contribution is -0.211. The van der Waals surface area contributed by atoms with Crippen molar-refractivity contribution in [2.45, 2.75) is 38.6 Å². The molecule has 0 radical (unpaired) electrons. The van der Waals surface area contributed by atoms with E-state index in [0.29, 0.717) is 5.01 Å². The zero-order valence-electron chi connectivity index (χ0n) is 9.78. The number of hydrogen-bond acceptors (Lipinski definition) is 4. The molecular formula is C10H13F3N2O2S. The van der Waals surface area contributed by atoms with Gasteiger partial charge in [-0.15, -0.1) is 11.3 Å².